The molecule has 4 heteroatoms. The largest absolute Gasteiger partial charge is 0.478 e. The molecule has 1 aliphatic rings. The Morgan fingerprint density at radius 3 is 2.37 bits per heavy atom. The molecule has 0 aromatic heterocycles. The van der Waals surface area contributed by atoms with Crippen LogP contribution >= 0.6 is 0 Å². The van der Waals surface area contributed by atoms with Gasteiger partial charge in [-0.25, -0.2) is 4.79 Å². The fourth-order valence-corrected chi connectivity index (χ4v) is 2.69. The van der Waals surface area contributed by atoms with Crippen molar-refractivity contribution in [2.45, 2.75) is 32.9 Å². The van der Waals surface area contributed by atoms with Crippen LogP contribution in [0.5, 0.6) is 0 Å². The van der Waals surface area contributed by atoms with Gasteiger partial charge < -0.3 is 10.0 Å². The third-order valence-corrected chi connectivity index (χ3v) is 4.08. The number of likely N-dealkylation sites (N-methyl/N-ethyl adjacent to an activating group) is 1. The zero-order valence-electron chi connectivity index (χ0n) is 12.1. The fraction of sp³-hybridized carbons (Fsp3) is 0.533. The second-order valence-electron chi connectivity index (χ2n) is 5.59. The number of aromatic carboxylic acids is 1. The number of rotatable bonds is 2. The van der Waals surface area contributed by atoms with Gasteiger partial charge in [0.05, 0.1) is 11.3 Å². The number of nitrogens with zero attached hydrogens (tertiary/aromatic N) is 2. The van der Waals surface area contributed by atoms with Crippen molar-refractivity contribution in [2.24, 2.45) is 0 Å². The van der Waals surface area contributed by atoms with Crippen molar-refractivity contribution >= 4 is 11.7 Å². The molecule has 0 saturated carbocycles. The van der Waals surface area contributed by atoms with Gasteiger partial charge in [-0.1, -0.05) is 6.07 Å². The number of carbonyl (C=O) groups is 1. The summed E-state index contributed by atoms with van der Waals surface area (Å²) in [5.41, 5.74) is 2.34. The lowest BCUT2D eigenvalue weighted by Crippen LogP contribution is -2.55. The van der Waals surface area contributed by atoms with E-state index in [1.165, 1.54) is 0 Å². The average Bonchev–Trinajstić information content (AvgIpc) is 2.34. The number of hydrogen-bond donors (Lipinski definition) is 1. The number of benzene rings is 1. The Labute approximate surface area is 114 Å². The Morgan fingerprint density at radius 2 is 1.84 bits per heavy atom. The molecule has 19 heavy (non-hydrogen) atoms. The quantitative estimate of drug-likeness (QED) is 0.887. The minimum Gasteiger partial charge on any atom is -0.478 e. The van der Waals surface area contributed by atoms with Crippen molar-refractivity contribution in [2.75, 3.05) is 25.0 Å². The molecule has 2 atom stereocenters. The molecule has 1 aromatic rings. The van der Waals surface area contributed by atoms with Gasteiger partial charge in [-0.2, -0.15) is 0 Å². The lowest BCUT2D eigenvalue weighted by molar-refractivity contribution is 0.0697. The predicted molar refractivity (Wildman–Crippen MR) is 77.0 cm³/mol. The molecule has 4 nitrogen and oxygen atoms in total. The highest BCUT2D eigenvalue weighted by Gasteiger charge is 2.28. The molecule has 0 radical (unpaired) electrons. The van der Waals surface area contributed by atoms with Gasteiger partial charge in [-0.05, 0) is 45.5 Å². The summed E-state index contributed by atoms with van der Waals surface area (Å²) in [5.74, 6) is -0.853. The monoisotopic (exact) mass is 262 g/mol. The maximum atomic E-state index is 11.4. The summed E-state index contributed by atoms with van der Waals surface area (Å²) >= 11 is 0. The van der Waals surface area contributed by atoms with E-state index in [2.05, 4.69) is 30.7 Å². The molecule has 2 unspecified atom stereocenters. The van der Waals surface area contributed by atoms with Crippen LogP contribution in [0.3, 0.4) is 0 Å². The summed E-state index contributed by atoms with van der Waals surface area (Å²) < 4.78 is 0. The predicted octanol–water partition coefficient (Wildman–Crippen LogP) is 2.22. The van der Waals surface area contributed by atoms with E-state index < -0.39 is 5.97 Å². The van der Waals surface area contributed by atoms with E-state index in [0.717, 1.165) is 24.3 Å². The fourth-order valence-electron chi connectivity index (χ4n) is 2.69. The second kappa shape index (κ2) is 5.21. The van der Waals surface area contributed by atoms with Crippen LogP contribution in [0.15, 0.2) is 18.2 Å². The number of carboxylic acids is 1. The van der Waals surface area contributed by atoms with Crippen molar-refractivity contribution < 1.29 is 9.90 Å². The van der Waals surface area contributed by atoms with Gasteiger partial charge in [0.1, 0.15) is 0 Å². The molecule has 0 aliphatic carbocycles. The minimum absolute atomic E-state index is 0.398. The summed E-state index contributed by atoms with van der Waals surface area (Å²) in [6, 6.07) is 6.39. The first-order valence-electron chi connectivity index (χ1n) is 6.71. The van der Waals surface area contributed by atoms with Crippen LogP contribution in [-0.2, 0) is 0 Å². The summed E-state index contributed by atoms with van der Waals surface area (Å²) in [6.07, 6.45) is 0. The SMILES string of the molecule is Cc1ccc(C(=O)O)c(N2CC(C)N(C)C(C)C2)c1. The number of piperazine rings is 1. The molecule has 0 spiro atoms. The van der Waals surface area contributed by atoms with Gasteiger partial charge in [-0.15, -0.1) is 0 Å². The highest BCUT2D eigenvalue weighted by Crippen LogP contribution is 2.26. The Kier molecular flexibility index (Phi) is 3.80. The van der Waals surface area contributed by atoms with E-state index in [9.17, 15) is 9.90 Å². The van der Waals surface area contributed by atoms with E-state index in [-0.39, 0.29) is 0 Å². The van der Waals surface area contributed by atoms with E-state index in [4.69, 9.17) is 0 Å². The van der Waals surface area contributed by atoms with Crippen LogP contribution in [0.2, 0.25) is 0 Å². The standard InChI is InChI=1S/C15H22N2O2/c1-10-5-6-13(15(18)19)14(7-10)17-8-11(2)16(4)12(3)9-17/h5-7,11-12H,8-9H2,1-4H3,(H,18,19). The molecule has 2 rings (SSSR count). The van der Waals surface area contributed by atoms with E-state index in [0.29, 0.717) is 17.6 Å². The van der Waals surface area contributed by atoms with Crippen LogP contribution in [0, 0.1) is 6.92 Å². The Hall–Kier alpha value is -1.55. The summed E-state index contributed by atoms with van der Waals surface area (Å²) in [4.78, 5) is 15.9. The van der Waals surface area contributed by atoms with Crippen LogP contribution in [-0.4, -0.2) is 48.2 Å². The lowest BCUT2D eigenvalue weighted by Gasteiger charge is -2.44. The molecule has 1 N–H and O–H groups in total. The number of aryl methyl sites for hydroxylation is 1. The topological polar surface area (TPSA) is 43.8 Å². The first kappa shape index (κ1) is 13.9. The van der Waals surface area contributed by atoms with Crippen LogP contribution in [0.4, 0.5) is 5.69 Å². The molecule has 1 heterocycles. The molecule has 1 aromatic carbocycles. The van der Waals surface area contributed by atoms with E-state index in [1.807, 2.05) is 19.1 Å². The molecule has 104 valence electrons. The third-order valence-electron chi connectivity index (χ3n) is 4.08. The molecule has 1 saturated heterocycles. The van der Waals surface area contributed by atoms with Crippen LogP contribution in [0.25, 0.3) is 0 Å². The zero-order valence-corrected chi connectivity index (χ0v) is 12.1. The number of carboxylic acid groups (broad SMARTS) is 1. The minimum atomic E-state index is -0.853. The number of hydrogen-bond acceptors (Lipinski definition) is 3. The smallest absolute Gasteiger partial charge is 0.337 e. The summed E-state index contributed by atoms with van der Waals surface area (Å²) in [6.45, 7) is 8.09. The van der Waals surface area contributed by atoms with Crippen molar-refractivity contribution in [1.82, 2.24) is 4.90 Å². The lowest BCUT2D eigenvalue weighted by atomic mass is 10.0. The summed E-state index contributed by atoms with van der Waals surface area (Å²) in [5, 5.41) is 9.33. The first-order chi connectivity index (χ1) is 8.90. The van der Waals surface area contributed by atoms with Crippen molar-refractivity contribution in [3.8, 4) is 0 Å². The van der Waals surface area contributed by atoms with Crippen molar-refractivity contribution in [3.63, 3.8) is 0 Å². The van der Waals surface area contributed by atoms with Crippen LogP contribution in [0.1, 0.15) is 29.8 Å². The maximum absolute atomic E-state index is 11.4. The normalized spacial score (nSPS) is 24.5. The molecule has 0 amide bonds. The van der Waals surface area contributed by atoms with Crippen molar-refractivity contribution in [3.05, 3.63) is 29.3 Å². The molecular formula is C15H22N2O2. The summed E-state index contributed by atoms with van der Waals surface area (Å²) in [7, 11) is 2.13. The molecule has 1 aliphatic heterocycles. The maximum Gasteiger partial charge on any atom is 0.337 e. The molecule has 0 bridgehead atoms. The highest BCUT2D eigenvalue weighted by atomic mass is 16.4. The third kappa shape index (κ3) is 2.73. The molecular weight excluding hydrogens is 240 g/mol. The number of anilines is 1. The van der Waals surface area contributed by atoms with Gasteiger partial charge in [0.15, 0.2) is 0 Å². The van der Waals surface area contributed by atoms with Crippen molar-refractivity contribution in [1.29, 1.82) is 0 Å². The first-order valence-corrected chi connectivity index (χ1v) is 6.71. The van der Waals surface area contributed by atoms with E-state index in [1.54, 1.807) is 6.07 Å². The van der Waals surface area contributed by atoms with Gasteiger partial charge >= 0.3 is 5.97 Å². The van der Waals surface area contributed by atoms with Gasteiger partial charge in [0.25, 0.3) is 0 Å². The van der Waals surface area contributed by atoms with Crippen LogP contribution < -0.4 is 4.90 Å². The van der Waals surface area contributed by atoms with Gasteiger partial charge in [-0.3, -0.25) is 4.90 Å². The Morgan fingerprint density at radius 1 is 1.26 bits per heavy atom. The average molecular weight is 262 g/mol. The zero-order chi connectivity index (χ0) is 14.2. The highest BCUT2D eigenvalue weighted by molar-refractivity contribution is 5.94. The molecule has 1 fully saturated rings. The Bertz CT molecular complexity index is 475. The van der Waals surface area contributed by atoms with Gasteiger partial charge in [0, 0.05) is 25.2 Å². The van der Waals surface area contributed by atoms with Gasteiger partial charge in [0.2, 0.25) is 0 Å². The second-order valence-corrected chi connectivity index (χ2v) is 5.59. The van der Waals surface area contributed by atoms with E-state index >= 15 is 0 Å². The Balaban J connectivity index is 2.36.